The first-order valence-electron chi connectivity index (χ1n) is 5.92. The molecule has 94 valence electrons. The van der Waals surface area contributed by atoms with Crippen molar-refractivity contribution >= 4 is 22.4 Å². The van der Waals surface area contributed by atoms with Gasteiger partial charge in [0.15, 0.2) is 5.13 Å². The Hall–Kier alpha value is -1.10. The summed E-state index contributed by atoms with van der Waals surface area (Å²) in [5, 5.41) is 3.05. The van der Waals surface area contributed by atoms with Crippen molar-refractivity contribution in [2.75, 3.05) is 31.1 Å². The molecule has 0 spiro atoms. The van der Waals surface area contributed by atoms with Gasteiger partial charge >= 0.3 is 0 Å². The predicted molar refractivity (Wildman–Crippen MR) is 70.4 cm³/mol. The summed E-state index contributed by atoms with van der Waals surface area (Å²) in [5.74, 6) is 0.247. The summed E-state index contributed by atoms with van der Waals surface area (Å²) in [6.07, 6.45) is 1.83. The lowest BCUT2D eigenvalue weighted by Crippen LogP contribution is -2.51. The molecule has 5 heteroatoms. The van der Waals surface area contributed by atoms with Crippen molar-refractivity contribution in [2.45, 2.75) is 20.8 Å². The number of piperazine rings is 1. The van der Waals surface area contributed by atoms with Crippen LogP contribution in [0.2, 0.25) is 0 Å². The Labute approximate surface area is 106 Å². The zero-order valence-corrected chi connectivity index (χ0v) is 11.5. The average molecular weight is 253 g/mol. The summed E-state index contributed by atoms with van der Waals surface area (Å²) >= 11 is 1.66. The normalized spacial score (nSPS) is 17.4. The fraction of sp³-hybridized carbons (Fsp3) is 0.667. The van der Waals surface area contributed by atoms with Crippen LogP contribution >= 0.6 is 11.3 Å². The van der Waals surface area contributed by atoms with E-state index in [-0.39, 0.29) is 11.3 Å². The fourth-order valence-corrected chi connectivity index (χ4v) is 2.64. The third-order valence-electron chi connectivity index (χ3n) is 2.90. The van der Waals surface area contributed by atoms with E-state index in [4.69, 9.17) is 0 Å². The third kappa shape index (κ3) is 2.77. The molecule has 1 aliphatic heterocycles. The number of aromatic nitrogens is 1. The smallest absolute Gasteiger partial charge is 0.228 e. The fourth-order valence-electron chi connectivity index (χ4n) is 1.95. The van der Waals surface area contributed by atoms with Crippen LogP contribution < -0.4 is 4.90 Å². The van der Waals surface area contributed by atoms with E-state index >= 15 is 0 Å². The highest BCUT2D eigenvalue weighted by Gasteiger charge is 2.29. The summed E-state index contributed by atoms with van der Waals surface area (Å²) in [6, 6.07) is 0. The summed E-state index contributed by atoms with van der Waals surface area (Å²) in [4.78, 5) is 20.6. The molecule has 1 saturated heterocycles. The van der Waals surface area contributed by atoms with Crippen molar-refractivity contribution in [1.82, 2.24) is 9.88 Å². The molecule has 17 heavy (non-hydrogen) atoms. The van der Waals surface area contributed by atoms with Gasteiger partial charge in [0.2, 0.25) is 5.91 Å². The van der Waals surface area contributed by atoms with E-state index in [2.05, 4.69) is 9.88 Å². The summed E-state index contributed by atoms with van der Waals surface area (Å²) < 4.78 is 0. The van der Waals surface area contributed by atoms with Gasteiger partial charge in [0.05, 0.1) is 0 Å². The Morgan fingerprint density at radius 3 is 2.41 bits per heavy atom. The predicted octanol–water partition coefficient (Wildman–Crippen LogP) is 1.84. The molecule has 0 bridgehead atoms. The molecule has 0 aliphatic carbocycles. The van der Waals surface area contributed by atoms with Crippen molar-refractivity contribution in [3.8, 4) is 0 Å². The number of carbonyl (C=O) groups is 1. The number of nitrogens with zero attached hydrogens (tertiary/aromatic N) is 3. The molecule has 0 atom stereocenters. The monoisotopic (exact) mass is 253 g/mol. The van der Waals surface area contributed by atoms with Gasteiger partial charge in [0.1, 0.15) is 0 Å². The number of hydrogen-bond donors (Lipinski definition) is 0. The Balaban J connectivity index is 1.93. The number of anilines is 1. The highest BCUT2D eigenvalue weighted by atomic mass is 32.1. The summed E-state index contributed by atoms with van der Waals surface area (Å²) in [7, 11) is 0. The molecule has 1 aromatic heterocycles. The van der Waals surface area contributed by atoms with Crippen LogP contribution in [0.3, 0.4) is 0 Å². The lowest BCUT2D eigenvalue weighted by Gasteiger charge is -2.37. The minimum absolute atomic E-state index is 0.247. The Morgan fingerprint density at radius 2 is 1.94 bits per heavy atom. The number of carbonyl (C=O) groups excluding carboxylic acids is 1. The SMILES string of the molecule is CC(C)(C)C(=O)N1CCN(c2nccs2)CC1. The van der Waals surface area contributed by atoms with E-state index in [0.29, 0.717) is 0 Å². The van der Waals surface area contributed by atoms with Gasteiger partial charge in [-0.2, -0.15) is 0 Å². The van der Waals surface area contributed by atoms with Crippen LogP contribution in [0, 0.1) is 5.41 Å². The molecule has 4 nitrogen and oxygen atoms in total. The van der Waals surface area contributed by atoms with Gasteiger partial charge in [-0.05, 0) is 0 Å². The maximum atomic E-state index is 12.1. The minimum atomic E-state index is -0.274. The van der Waals surface area contributed by atoms with Crippen LogP contribution in [0.5, 0.6) is 0 Å². The lowest BCUT2D eigenvalue weighted by atomic mass is 9.94. The van der Waals surface area contributed by atoms with Crippen molar-refractivity contribution < 1.29 is 4.79 Å². The first-order valence-corrected chi connectivity index (χ1v) is 6.80. The van der Waals surface area contributed by atoms with Crippen LogP contribution in [0.4, 0.5) is 5.13 Å². The van der Waals surface area contributed by atoms with Gasteiger partial charge < -0.3 is 9.80 Å². The highest BCUT2D eigenvalue weighted by Crippen LogP contribution is 2.22. The van der Waals surface area contributed by atoms with E-state index in [9.17, 15) is 4.79 Å². The molecule has 1 amide bonds. The zero-order chi connectivity index (χ0) is 12.5. The van der Waals surface area contributed by atoms with Gasteiger partial charge in [0, 0.05) is 43.2 Å². The Morgan fingerprint density at radius 1 is 1.29 bits per heavy atom. The molecule has 0 unspecified atom stereocenters. The van der Waals surface area contributed by atoms with E-state index in [1.165, 1.54) is 0 Å². The topological polar surface area (TPSA) is 36.4 Å². The molecular weight excluding hydrogens is 234 g/mol. The van der Waals surface area contributed by atoms with E-state index in [1.54, 1.807) is 11.3 Å². The minimum Gasteiger partial charge on any atom is -0.345 e. The molecule has 0 aromatic carbocycles. The van der Waals surface area contributed by atoms with E-state index in [0.717, 1.165) is 31.3 Å². The number of hydrogen-bond acceptors (Lipinski definition) is 4. The number of amides is 1. The van der Waals surface area contributed by atoms with Gasteiger partial charge in [0.25, 0.3) is 0 Å². The standard InChI is InChI=1S/C12H19N3OS/c1-12(2,3)10(16)14-5-7-15(8-6-14)11-13-4-9-17-11/h4,9H,5-8H2,1-3H3. The van der Waals surface area contributed by atoms with Gasteiger partial charge in [-0.3, -0.25) is 4.79 Å². The van der Waals surface area contributed by atoms with Crippen molar-refractivity contribution in [2.24, 2.45) is 5.41 Å². The molecule has 1 aliphatic rings. The largest absolute Gasteiger partial charge is 0.345 e. The second kappa shape index (κ2) is 4.64. The van der Waals surface area contributed by atoms with Crippen LogP contribution in [0.15, 0.2) is 11.6 Å². The van der Waals surface area contributed by atoms with E-state index in [1.807, 2.05) is 37.2 Å². The lowest BCUT2D eigenvalue weighted by molar-refractivity contribution is -0.139. The molecule has 0 N–H and O–H groups in total. The zero-order valence-electron chi connectivity index (χ0n) is 10.6. The molecule has 2 heterocycles. The molecular formula is C12H19N3OS. The maximum Gasteiger partial charge on any atom is 0.228 e. The quantitative estimate of drug-likeness (QED) is 0.766. The molecule has 0 radical (unpaired) electrons. The second-order valence-corrected chi connectivity index (χ2v) is 6.22. The van der Waals surface area contributed by atoms with E-state index < -0.39 is 0 Å². The van der Waals surface area contributed by atoms with Crippen molar-refractivity contribution in [3.05, 3.63) is 11.6 Å². The average Bonchev–Trinajstić information content (AvgIpc) is 2.80. The second-order valence-electron chi connectivity index (χ2n) is 5.34. The molecule has 0 saturated carbocycles. The van der Waals surface area contributed by atoms with Crippen LogP contribution in [0.1, 0.15) is 20.8 Å². The van der Waals surface area contributed by atoms with Crippen LogP contribution in [-0.4, -0.2) is 42.0 Å². The maximum absolute atomic E-state index is 12.1. The summed E-state index contributed by atoms with van der Waals surface area (Å²) in [6.45, 7) is 9.30. The van der Waals surface area contributed by atoms with Crippen LogP contribution in [-0.2, 0) is 4.79 Å². The molecule has 2 rings (SSSR count). The Bertz CT molecular complexity index is 375. The van der Waals surface area contributed by atoms with Crippen molar-refractivity contribution in [3.63, 3.8) is 0 Å². The molecule has 1 aromatic rings. The van der Waals surface area contributed by atoms with Gasteiger partial charge in [-0.15, -0.1) is 11.3 Å². The number of thiazole rings is 1. The Kier molecular flexibility index (Phi) is 3.38. The van der Waals surface area contributed by atoms with Gasteiger partial charge in [-0.1, -0.05) is 20.8 Å². The van der Waals surface area contributed by atoms with Crippen LogP contribution in [0.25, 0.3) is 0 Å². The van der Waals surface area contributed by atoms with Gasteiger partial charge in [-0.25, -0.2) is 4.98 Å². The summed E-state index contributed by atoms with van der Waals surface area (Å²) in [5.41, 5.74) is -0.274. The third-order valence-corrected chi connectivity index (χ3v) is 3.73. The first kappa shape index (κ1) is 12.4. The highest BCUT2D eigenvalue weighted by molar-refractivity contribution is 7.13. The first-order chi connectivity index (χ1) is 7.98. The van der Waals surface area contributed by atoms with Crippen molar-refractivity contribution in [1.29, 1.82) is 0 Å². The number of rotatable bonds is 1. The molecule has 1 fully saturated rings.